The topological polar surface area (TPSA) is 105 Å². The summed E-state index contributed by atoms with van der Waals surface area (Å²) in [7, 11) is 0. The van der Waals surface area contributed by atoms with Crippen LogP contribution in [0.3, 0.4) is 0 Å². The molecular formula is C24H25F2N3O5. The molecule has 2 aromatic rings. The molecule has 10 heteroatoms. The maximum Gasteiger partial charge on any atom is 0.309 e. The van der Waals surface area contributed by atoms with Crippen molar-refractivity contribution in [3.8, 4) is 0 Å². The standard InChI is InChI=1S/C24H25F2N3O5/c1-2-27-22(31)16-4-3-5-18(12-16)28-21(30)14-34-24(33)15-8-10-29(11-9-15)23(32)19-7-6-17(25)13-20(19)26/h3-7,12-13,15H,2,8-11,14H2,1H3,(H,27,31)(H,28,30). The molecule has 2 aromatic carbocycles. The van der Waals surface area contributed by atoms with E-state index in [1.165, 1.54) is 11.0 Å². The average molecular weight is 473 g/mol. The number of nitrogens with zero attached hydrogens (tertiary/aromatic N) is 1. The van der Waals surface area contributed by atoms with Crippen LogP contribution in [0.15, 0.2) is 42.5 Å². The van der Waals surface area contributed by atoms with Gasteiger partial charge in [-0.1, -0.05) is 6.07 Å². The number of carbonyl (C=O) groups is 4. The summed E-state index contributed by atoms with van der Waals surface area (Å²) in [5, 5.41) is 5.24. The van der Waals surface area contributed by atoms with E-state index in [9.17, 15) is 28.0 Å². The molecular weight excluding hydrogens is 448 g/mol. The van der Waals surface area contributed by atoms with Gasteiger partial charge in [-0.3, -0.25) is 19.2 Å². The quantitative estimate of drug-likeness (QED) is 0.602. The van der Waals surface area contributed by atoms with Crippen molar-refractivity contribution in [2.75, 3.05) is 31.6 Å². The monoisotopic (exact) mass is 473 g/mol. The number of nitrogens with one attached hydrogen (secondary N) is 2. The molecule has 0 aliphatic carbocycles. The zero-order chi connectivity index (χ0) is 24.7. The Morgan fingerprint density at radius 3 is 2.47 bits per heavy atom. The number of ether oxygens (including phenoxy) is 1. The van der Waals surface area contributed by atoms with Gasteiger partial charge in [0.25, 0.3) is 17.7 Å². The van der Waals surface area contributed by atoms with E-state index in [4.69, 9.17) is 4.74 Å². The van der Waals surface area contributed by atoms with E-state index >= 15 is 0 Å². The predicted molar refractivity (Wildman–Crippen MR) is 119 cm³/mol. The van der Waals surface area contributed by atoms with Crippen molar-refractivity contribution in [1.29, 1.82) is 0 Å². The van der Waals surface area contributed by atoms with Crippen LogP contribution in [-0.2, 0) is 14.3 Å². The summed E-state index contributed by atoms with van der Waals surface area (Å²) in [6, 6.07) is 9.13. The molecule has 0 spiro atoms. The maximum absolute atomic E-state index is 13.9. The first-order valence-corrected chi connectivity index (χ1v) is 10.9. The highest BCUT2D eigenvalue weighted by atomic mass is 19.1. The number of halogens is 2. The summed E-state index contributed by atoms with van der Waals surface area (Å²) >= 11 is 0. The van der Waals surface area contributed by atoms with Gasteiger partial charge in [-0.2, -0.15) is 0 Å². The minimum absolute atomic E-state index is 0.203. The molecule has 3 rings (SSSR count). The minimum atomic E-state index is -0.936. The highest BCUT2D eigenvalue weighted by molar-refractivity contribution is 5.98. The summed E-state index contributed by atoms with van der Waals surface area (Å²) in [5.41, 5.74) is 0.554. The van der Waals surface area contributed by atoms with Crippen molar-refractivity contribution in [2.45, 2.75) is 19.8 Å². The molecule has 1 aliphatic rings. The lowest BCUT2D eigenvalue weighted by atomic mass is 9.96. The molecule has 1 fully saturated rings. The third-order valence-electron chi connectivity index (χ3n) is 5.37. The van der Waals surface area contributed by atoms with Crippen LogP contribution in [0, 0.1) is 17.6 Å². The molecule has 34 heavy (non-hydrogen) atoms. The first-order chi connectivity index (χ1) is 16.3. The molecule has 8 nitrogen and oxygen atoms in total. The van der Waals surface area contributed by atoms with Crippen molar-refractivity contribution < 1.29 is 32.7 Å². The summed E-state index contributed by atoms with van der Waals surface area (Å²) in [6.07, 6.45) is 0.590. The Balaban J connectivity index is 1.45. The molecule has 0 saturated carbocycles. The van der Waals surface area contributed by atoms with Crippen LogP contribution in [-0.4, -0.2) is 54.8 Å². The Labute approximate surface area is 195 Å². The van der Waals surface area contributed by atoms with Crippen LogP contribution >= 0.6 is 0 Å². The molecule has 1 saturated heterocycles. The highest BCUT2D eigenvalue weighted by Gasteiger charge is 2.30. The number of likely N-dealkylation sites (tertiary alicyclic amines) is 1. The molecule has 0 bridgehead atoms. The Morgan fingerprint density at radius 2 is 1.79 bits per heavy atom. The third-order valence-corrected chi connectivity index (χ3v) is 5.37. The number of hydrogen-bond donors (Lipinski definition) is 2. The second kappa shape index (κ2) is 11.4. The zero-order valence-electron chi connectivity index (χ0n) is 18.6. The van der Waals surface area contributed by atoms with Gasteiger partial charge >= 0.3 is 5.97 Å². The Morgan fingerprint density at radius 1 is 1.06 bits per heavy atom. The lowest BCUT2D eigenvalue weighted by Crippen LogP contribution is -2.41. The molecule has 180 valence electrons. The fourth-order valence-electron chi connectivity index (χ4n) is 3.60. The van der Waals surface area contributed by atoms with E-state index < -0.39 is 41.9 Å². The molecule has 0 aromatic heterocycles. The number of rotatable bonds is 7. The molecule has 0 radical (unpaired) electrons. The van der Waals surface area contributed by atoms with Gasteiger partial charge in [-0.25, -0.2) is 8.78 Å². The van der Waals surface area contributed by atoms with Gasteiger partial charge < -0.3 is 20.3 Å². The molecule has 1 heterocycles. The van der Waals surface area contributed by atoms with E-state index in [1.807, 2.05) is 0 Å². The summed E-state index contributed by atoms with van der Waals surface area (Å²) in [4.78, 5) is 50.3. The number of piperidine rings is 1. The Bertz CT molecular complexity index is 1080. The van der Waals surface area contributed by atoms with Gasteiger partial charge in [0.15, 0.2) is 6.61 Å². The van der Waals surface area contributed by atoms with Crippen LogP contribution in [0.2, 0.25) is 0 Å². The fourth-order valence-corrected chi connectivity index (χ4v) is 3.60. The third kappa shape index (κ3) is 6.37. The van der Waals surface area contributed by atoms with Gasteiger partial charge in [-0.05, 0) is 50.1 Å². The molecule has 2 N–H and O–H groups in total. The van der Waals surface area contributed by atoms with E-state index in [1.54, 1.807) is 25.1 Å². The molecule has 0 unspecified atom stereocenters. The normalized spacial score (nSPS) is 13.8. The SMILES string of the molecule is CCNC(=O)c1cccc(NC(=O)COC(=O)C2CCN(C(=O)c3ccc(F)cc3F)CC2)c1. The number of carbonyl (C=O) groups excluding carboxylic acids is 4. The highest BCUT2D eigenvalue weighted by Crippen LogP contribution is 2.22. The van der Waals surface area contributed by atoms with Crippen LogP contribution in [0.25, 0.3) is 0 Å². The Hall–Kier alpha value is -3.82. The van der Waals surface area contributed by atoms with Gasteiger partial charge in [0.05, 0.1) is 11.5 Å². The molecule has 3 amide bonds. The first-order valence-electron chi connectivity index (χ1n) is 10.9. The van der Waals surface area contributed by atoms with Crippen molar-refractivity contribution >= 4 is 29.4 Å². The second-order valence-corrected chi connectivity index (χ2v) is 7.79. The number of anilines is 1. The lowest BCUT2D eigenvalue weighted by Gasteiger charge is -2.31. The maximum atomic E-state index is 13.9. The predicted octanol–water partition coefficient (Wildman–Crippen LogP) is 2.75. The zero-order valence-corrected chi connectivity index (χ0v) is 18.6. The number of benzene rings is 2. The average Bonchev–Trinajstić information content (AvgIpc) is 2.82. The van der Waals surface area contributed by atoms with Crippen LogP contribution in [0.4, 0.5) is 14.5 Å². The van der Waals surface area contributed by atoms with Gasteiger partial charge in [0, 0.05) is 37.0 Å². The smallest absolute Gasteiger partial charge is 0.309 e. The van der Waals surface area contributed by atoms with Gasteiger partial charge in [-0.15, -0.1) is 0 Å². The van der Waals surface area contributed by atoms with Crippen molar-refractivity contribution in [3.05, 3.63) is 65.2 Å². The second-order valence-electron chi connectivity index (χ2n) is 7.79. The van der Waals surface area contributed by atoms with Gasteiger partial charge in [0.2, 0.25) is 0 Å². The fraction of sp³-hybridized carbons (Fsp3) is 0.333. The lowest BCUT2D eigenvalue weighted by molar-refractivity contribution is -0.152. The van der Waals surface area contributed by atoms with E-state index in [0.29, 0.717) is 36.7 Å². The first kappa shape index (κ1) is 24.8. The largest absolute Gasteiger partial charge is 0.455 e. The van der Waals surface area contributed by atoms with Crippen LogP contribution in [0.5, 0.6) is 0 Å². The summed E-state index contributed by atoms with van der Waals surface area (Å²) in [5.74, 6) is -4.16. The van der Waals surface area contributed by atoms with Crippen LogP contribution in [0.1, 0.15) is 40.5 Å². The van der Waals surface area contributed by atoms with E-state index in [0.717, 1.165) is 12.1 Å². The summed E-state index contributed by atoms with van der Waals surface area (Å²) in [6.45, 7) is 2.18. The minimum Gasteiger partial charge on any atom is -0.455 e. The van der Waals surface area contributed by atoms with Crippen LogP contribution < -0.4 is 10.6 Å². The number of hydrogen-bond acceptors (Lipinski definition) is 5. The van der Waals surface area contributed by atoms with E-state index in [2.05, 4.69) is 10.6 Å². The molecule has 0 atom stereocenters. The number of esters is 1. The van der Waals surface area contributed by atoms with E-state index in [-0.39, 0.29) is 24.6 Å². The van der Waals surface area contributed by atoms with Crippen molar-refractivity contribution in [2.24, 2.45) is 5.92 Å². The van der Waals surface area contributed by atoms with Gasteiger partial charge in [0.1, 0.15) is 11.6 Å². The summed E-state index contributed by atoms with van der Waals surface area (Å²) < 4.78 is 32.0. The number of amides is 3. The van der Waals surface area contributed by atoms with Crippen molar-refractivity contribution in [3.63, 3.8) is 0 Å². The van der Waals surface area contributed by atoms with Crippen molar-refractivity contribution in [1.82, 2.24) is 10.2 Å². The molecule has 1 aliphatic heterocycles. The Kier molecular flexibility index (Phi) is 8.29.